The zero-order valence-corrected chi connectivity index (χ0v) is 13.8. The van der Waals surface area contributed by atoms with Gasteiger partial charge in [0.2, 0.25) is 0 Å². The van der Waals surface area contributed by atoms with Crippen LogP contribution in [-0.2, 0) is 9.84 Å². The molecule has 1 fully saturated rings. The van der Waals surface area contributed by atoms with Crippen LogP contribution >= 0.6 is 0 Å². The lowest BCUT2D eigenvalue weighted by Gasteiger charge is -2.35. The van der Waals surface area contributed by atoms with Crippen LogP contribution in [0.5, 0.6) is 0 Å². The molecular weight excluding hydrogens is 258 g/mol. The molecule has 0 heterocycles. The molecule has 3 unspecified atom stereocenters. The lowest BCUT2D eigenvalue weighted by atomic mass is 9.77. The van der Waals surface area contributed by atoms with Crippen molar-refractivity contribution in [1.29, 1.82) is 0 Å². The molecule has 0 saturated heterocycles. The second kappa shape index (κ2) is 7.63. The molecule has 1 aliphatic carbocycles. The van der Waals surface area contributed by atoms with E-state index < -0.39 is 9.84 Å². The van der Waals surface area contributed by atoms with Gasteiger partial charge in [0.05, 0.1) is 11.0 Å². The van der Waals surface area contributed by atoms with Crippen molar-refractivity contribution >= 4 is 9.84 Å². The maximum absolute atomic E-state index is 12.0. The van der Waals surface area contributed by atoms with Crippen molar-refractivity contribution < 1.29 is 8.42 Å². The molecule has 1 saturated carbocycles. The first-order valence-corrected chi connectivity index (χ1v) is 9.53. The van der Waals surface area contributed by atoms with Crippen LogP contribution in [-0.4, -0.2) is 32.0 Å². The molecule has 0 aliphatic heterocycles. The molecular formula is C15H31NO2S. The minimum absolute atomic E-state index is 0.240. The first-order valence-electron chi connectivity index (χ1n) is 7.81. The van der Waals surface area contributed by atoms with Gasteiger partial charge in [0, 0.05) is 6.04 Å². The maximum Gasteiger partial charge on any atom is 0.152 e. The highest BCUT2D eigenvalue weighted by Gasteiger charge is 2.29. The Morgan fingerprint density at radius 3 is 2.53 bits per heavy atom. The van der Waals surface area contributed by atoms with E-state index in [0.717, 1.165) is 25.3 Å². The van der Waals surface area contributed by atoms with Crippen LogP contribution in [0.3, 0.4) is 0 Å². The number of sulfone groups is 1. The molecule has 3 nitrogen and oxygen atoms in total. The Balaban J connectivity index is 2.55. The van der Waals surface area contributed by atoms with Crippen molar-refractivity contribution in [2.45, 2.75) is 71.1 Å². The summed E-state index contributed by atoms with van der Waals surface area (Å²) in [7, 11) is -2.89. The van der Waals surface area contributed by atoms with Gasteiger partial charge in [-0.25, -0.2) is 8.42 Å². The molecule has 0 bridgehead atoms. The standard InChI is InChI=1S/C15H31NO2S/c1-5-9-16-15-7-6-13(4)11-14(15)8-10-19(17,18)12(2)3/h12-16H,5-11H2,1-4H3. The van der Waals surface area contributed by atoms with Gasteiger partial charge in [-0.15, -0.1) is 0 Å². The SMILES string of the molecule is CCCNC1CCC(C)CC1CCS(=O)(=O)C(C)C. The minimum Gasteiger partial charge on any atom is -0.314 e. The molecule has 0 aromatic heterocycles. The van der Waals surface area contributed by atoms with E-state index in [4.69, 9.17) is 0 Å². The maximum atomic E-state index is 12.0. The summed E-state index contributed by atoms with van der Waals surface area (Å²) >= 11 is 0. The fraction of sp³-hybridized carbons (Fsp3) is 1.00. The van der Waals surface area contributed by atoms with Gasteiger partial charge in [-0.2, -0.15) is 0 Å². The van der Waals surface area contributed by atoms with Crippen LogP contribution in [0, 0.1) is 11.8 Å². The van der Waals surface area contributed by atoms with Gasteiger partial charge in [0.15, 0.2) is 9.84 Å². The number of rotatable bonds is 7. The Labute approximate surface area is 119 Å². The fourth-order valence-electron chi connectivity index (χ4n) is 2.97. The van der Waals surface area contributed by atoms with Crippen LogP contribution in [0.25, 0.3) is 0 Å². The molecule has 0 amide bonds. The van der Waals surface area contributed by atoms with Gasteiger partial charge in [-0.05, 0) is 64.3 Å². The van der Waals surface area contributed by atoms with Gasteiger partial charge in [-0.3, -0.25) is 0 Å². The molecule has 3 atom stereocenters. The molecule has 0 spiro atoms. The highest BCUT2D eigenvalue weighted by Crippen LogP contribution is 2.31. The zero-order chi connectivity index (χ0) is 14.5. The monoisotopic (exact) mass is 289 g/mol. The summed E-state index contributed by atoms with van der Waals surface area (Å²) in [6, 6.07) is 0.526. The van der Waals surface area contributed by atoms with E-state index in [9.17, 15) is 8.42 Å². The molecule has 0 aromatic carbocycles. The third-order valence-corrected chi connectivity index (χ3v) is 6.63. The lowest BCUT2D eigenvalue weighted by Crippen LogP contribution is -2.41. The van der Waals surface area contributed by atoms with Crippen molar-refractivity contribution in [2.24, 2.45) is 11.8 Å². The molecule has 114 valence electrons. The molecule has 1 rings (SSSR count). The van der Waals surface area contributed by atoms with Crippen molar-refractivity contribution in [1.82, 2.24) is 5.32 Å². The third-order valence-electron chi connectivity index (χ3n) is 4.39. The summed E-state index contributed by atoms with van der Waals surface area (Å²) in [5.41, 5.74) is 0. The highest BCUT2D eigenvalue weighted by atomic mass is 32.2. The van der Waals surface area contributed by atoms with Crippen LogP contribution in [0.2, 0.25) is 0 Å². The van der Waals surface area contributed by atoms with E-state index in [1.165, 1.54) is 19.3 Å². The predicted octanol–water partition coefficient (Wildman–Crippen LogP) is 3.00. The van der Waals surface area contributed by atoms with E-state index in [1.54, 1.807) is 13.8 Å². The third kappa shape index (κ3) is 5.42. The quantitative estimate of drug-likeness (QED) is 0.783. The first-order chi connectivity index (χ1) is 8.86. The van der Waals surface area contributed by atoms with Crippen LogP contribution in [0.15, 0.2) is 0 Å². The minimum atomic E-state index is -2.89. The molecule has 1 aliphatic rings. The zero-order valence-electron chi connectivity index (χ0n) is 13.0. The van der Waals surface area contributed by atoms with Crippen molar-refractivity contribution in [3.8, 4) is 0 Å². The summed E-state index contributed by atoms with van der Waals surface area (Å²) in [5, 5.41) is 3.37. The van der Waals surface area contributed by atoms with Gasteiger partial charge < -0.3 is 5.32 Å². The molecule has 0 radical (unpaired) electrons. The van der Waals surface area contributed by atoms with Gasteiger partial charge in [-0.1, -0.05) is 13.8 Å². The fourth-order valence-corrected chi connectivity index (χ4v) is 4.07. The predicted molar refractivity (Wildman–Crippen MR) is 82.1 cm³/mol. The summed E-state index contributed by atoms with van der Waals surface area (Å²) in [6.45, 7) is 9.08. The van der Waals surface area contributed by atoms with Crippen molar-refractivity contribution in [3.63, 3.8) is 0 Å². The Morgan fingerprint density at radius 1 is 1.26 bits per heavy atom. The van der Waals surface area contributed by atoms with E-state index in [-0.39, 0.29) is 5.25 Å². The van der Waals surface area contributed by atoms with E-state index >= 15 is 0 Å². The Bertz CT molecular complexity index is 349. The van der Waals surface area contributed by atoms with E-state index in [1.807, 2.05) is 0 Å². The Hall–Kier alpha value is -0.0900. The highest BCUT2D eigenvalue weighted by molar-refractivity contribution is 7.91. The van der Waals surface area contributed by atoms with E-state index in [0.29, 0.717) is 17.7 Å². The van der Waals surface area contributed by atoms with Crippen molar-refractivity contribution in [3.05, 3.63) is 0 Å². The van der Waals surface area contributed by atoms with Crippen LogP contribution < -0.4 is 5.32 Å². The molecule has 1 N–H and O–H groups in total. The number of hydrogen-bond donors (Lipinski definition) is 1. The van der Waals surface area contributed by atoms with Gasteiger partial charge >= 0.3 is 0 Å². The summed E-state index contributed by atoms with van der Waals surface area (Å²) in [6.07, 6.45) is 5.62. The summed E-state index contributed by atoms with van der Waals surface area (Å²) < 4.78 is 23.9. The largest absolute Gasteiger partial charge is 0.314 e. The average molecular weight is 289 g/mol. The molecule has 19 heavy (non-hydrogen) atoms. The van der Waals surface area contributed by atoms with Crippen LogP contribution in [0.1, 0.15) is 59.8 Å². The second-order valence-electron chi connectivity index (χ2n) is 6.44. The summed E-state index contributed by atoms with van der Waals surface area (Å²) in [5.74, 6) is 1.63. The Morgan fingerprint density at radius 2 is 1.95 bits per heavy atom. The summed E-state index contributed by atoms with van der Waals surface area (Å²) in [4.78, 5) is 0. The molecule has 4 heteroatoms. The normalized spacial score (nSPS) is 28.8. The van der Waals surface area contributed by atoms with Gasteiger partial charge in [0.25, 0.3) is 0 Å². The second-order valence-corrected chi connectivity index (χ2v) is 9.12. The van der Waals surface area contributed by atoms with Crippen molar-refractivity contribution in [2.75, 3.05) is 12.3 Å². The lowest BCUT2D eigenvalue weighted by molar-refractivity contribution is 0.209. The van der Waals surface area contributed by atoms with Crippen LogP contribution in [0.4, 0.5) is 0 Å². The average Bonchev–Trinajstić information content (AvgIpc) is 2.35. The Kier molecular flexibility index (Phi) is 6.81. The molecule has 0 aromatic rings. The van der Waals surface area contributed by atoms with Gasteiger partial charge in [0.1, 0.15) is 0 Å². The first kappa shape index (κ1) is 17.0. The number of hydrogen-bond acceptors (Lipinski definition) is 3. The topological polar surface area (TPSA) is 46.2 Å². The van der Waals surface area contributed by atoms with E-state index in [2.05, 4.69) is 19.2 Å². The number of nitrogens with one attached hydrogen (secondary N) is 1. The smallest absolute Gasteiger partial charge is 0.152 e.